The van der Waals surface area contributed by atoms with Gasteiger partial charge < -0.3 is 9.47 Å². The van der Waals surface area contributed by atoms with Crippen molar-refractivity contribution in [2.75, 3.05) is 25.4 Å². The number of piperidine rings is 1. The van der Waals surface area contributed by atoms with Crippen molar-refractivity contribution in [2.24, 2.45) is 11.8 Å². The second-order valence-corrected chi connectivity index (χ2v) is 10.7. The molecule has 2 unspecified atom stereocenters. The molecule has 5 nitrogen and oxygen atoms in total. The smallest absolute Gasteiger partial charge is 0.214 e. The van der Waals surface area contributed by atoms with Crippen molar-refractivity contribution in [1.29, 1.82) is 0 Å². The standard InChI is InChI=1S/C20H31NO4S/c1-15-11-16(2)14-21(13-15)26(22,23)10-6-9-24-18-8-5-7-17-12-20(3,4)25-19(17)18/h5,7-8,15-16H,6,9-14H2,1-4H3. The Morgan fingerprint density at radius 3 is 2.62 bits per heavy atom. The average molecular weight is 382 g/mol. The molecule has 2 heterocycles. The predicted molar refractivity (Wildman–Crippen MR) is 103 cm³/mol. The van der Waals surface area contributed by atoms with Crippen LogP contribution in [0.2, 0.25) is 0 Å². The van der Waals surface area contributed by atoms with E-state index in [2.05, 4.69) is 33.8 Å². The van der Waals surface area contributed by atoms with Crippen LogP contribution < -0.4 is 9.47 Å². The quantitative estimate of drug-likeness (QED) is 0.708. The van der Waals surface area contributed by atoms with E-state index in [1.54, 1.807) is 4.31 Å². The SMILES string of the molecule is CC1CC(C)CN(S(=O)(=O)CCCOc2cccc3c2OC(C)(C)C3)C1. The van der Waals surface area contributed by atoms with Gasteiger partial charge in [-0.05, 0) is 44.6 Å². The molecule has 26 heavy (non-hydrogen) atoms. The van der Waals surface area contributed by atoms with Gasteiger partial charge >= 0.3 is 0 Å². The van der Waals surface area contributed by atoms with E-state index in [0.29, 0.717) is 43.7 Å². The molecule has 0 bridgehead atoms. The van der Waals surface area contributed by atoms with Crippen LogP contribution in [0.3, 0.4) is 0 Å². The number of hydrogen-bond donors (Lipinski definition) is 0. The van der Waals surface area contributed by atoms with E-state index in [-0.39, 0.29) is 11.4 Å². The summed E-state index contributed by atoms with van der Waals surface area (Å²) in [5, 5.41) is 0. The topological polar surface area (TPSA) is 55.8 Å². The molecular weight excluding hydrogens is 350 g/mol. The summed E-state index contributed by atoms with van der Waals surface area (Å²) in [7, 11) is -3.21. The molecule has 6 heteroatoms. The summed E-state index contributed by atoms with van der Waals surface area (Å²) in [6.45, 7) is 10.0. The number of para-hydroxylation sites is 1. The van der Waals surface area contributed by atoms with Crippen LogP contribution in [0, 0.1) is 11.8 Å². The lowest BCUT2D eigenvalue weighted by atomic mass is 9.94. The third-order valence-corrected chi connectivity index (χ3v) is 6.98. The van der Waals surface area contributed by atoms with E-state index in [1.807, 2.05) is 12.1 Å². The highest BCUT2D eigenvalue weighted by molar-refractivity contribution is 7.89. The summed E-state index contributed by atoms with van der Waals surface area (Å²) in [6.07, 6.45) is 2.44. The van der Waals surface area contributed by atoms with Crippen molar-refractivity contribution in [1.82, 2.24) is 4.31 Å². The van der Waals surface area contributed by atoms with Gasteiger partial charge in [0.15, 0.2) is 11.5 Å². The molecule has 0 saturated carbocycles. The Hall–Kier alpha value is -1.27. The molecule has 1 saturated heterocycles. The summed E-state index contributed by atoms with van der Waals surface area (Å²) in [5.74, 6) is 2.51. The lowest BCUT2D eigenvalue weighted by molar-refractivity contribution is 0.132. The van der Waals surface area contributed by atoms with Crippen LogP contribution in [-0.4, -0.2) is 43.8 Å². The second kappa shape index (κ2) is 7.39. The molecule has 0 amide bonds. The number of nitrogens with zero attached hydrogens (tertiary/aromatic N) is 1. The van der Waals surface area contributed by atoms with Gasteiger partial charge in [0.1, 0.15) is 5.60 Å². The molecule has 0 aliphatic carbocycles. The number of hydrogen-bond acceptors (Lipinski definition) is 4. The minimum Gasteiger partial charge on any atom is -0.490 e. The molecule has 0 aromatic heterocycles. The Labute approximate surface area is 157 Å². The van der Waals surface area contributed by atoms with Crippen LogP contribution in [-0.2, 0) is 16.4 Å². The van der Waals surface area contributed by atoms with Gasteiger partial charge in [-0.15, -0.1) is 0 Å². The summed E-state index contributed by atoms with van der Waals surface area (Å²) in [4.78, 5) is 0. The van der Waals surface area contributed by atoms with Gasteiger partial charge in [0.2, 0.25) is 10.0 Å². The van der Waals surface area contributed by atoms with Crippen molar-refractivity contribution < 1.29 is 17.9 Å². The Bertz CT molecular complexity index is 734. The van der Waals surface area contributed by atoms with Crippen LogP contribution in [0.5, 0.6) is 11.5 Å². The third kappa shape index (κ3) is 4.52. The van der Waals surface area contributed by atoms with Gasteiger partial charge in [0.05, 0.1) is 12.4 Å². The van der Waals surface area contributed by atoms with Gasteiger partial charge in [-0.3, -0.25) is 0 Å². The maximum Gasteiger partial charge on any atom is 0.214 e. The number of fused-ring (bicyclic) bond motifs is 1. The van der Waals surface area contributed by atoms with Crippen molar-refractivity contribution in [3.63, 3.8) is 0 Å². The van der Waals surface area contributed by atoms with Gasteiger partial charge in [-0.2, -0.15) is 0 Å². The zero-order chi connectivity index (χ0) is 18.9. The summed E-state index contributed by atoms with van der Waals surface area (Å²) < 4.78 is 38.7. The minimum absolute atomic E-state index is 0.133. The highest BCUT2D eigenvalue weighted by Gasteiger charge is 2.32. The van der Waals surface area contributed by atoms with Crippen molar-refractivity contribution in [3.05, 3.63) is 23.8 Å². The zero-order valence-corrected chi connectivity index (χ0v) is 17.1. The lowest BCUT2D eigenvalue weighted by Crippen LogP contribution is -2.43. The molecule has 2 atom stereocenters. The fraction of sp³-hybridized carbons (Fsp3) is 0.700. The van der Waals surface area contributed by atoms with Gasteiger partial charge in [0, 0.05) is 25.1 Å². The Balaban J connectivity index is 1.53. The van der Waals surface area contributed by atoms with Crippen molar-refractivity contribution in [3.8, 4) is 11.5 Å². The van der Waals surface area contributed by atoms with E-state index in [0.717, 1.165) is 24.2 Å². The molecule has 0 N–H and O–H groups in total. The first-order valence-corrected chi connectivity index (χ1v) is 11.2. The molecule has 2 aliphatic rings. The summed E-state index contributed by atoms with van der Waals surface area (Å²) in [5.41, 5.74) is 0.934. The zero-order valence-electron chi connectivity index (χ0n) is 16.3. The van der Waals surface area contributed by atoms with Crippen LogP contribution in [0.15, 0.2) is 18.2 Å². The van der Waals surface area contributed by atoms with Crippen LogP contribution in [0.1, 0.15) is 46.1 Å². The van der Waals surface area contributed by atoms with E-state index in [4.69, 9.17) is 9.47 Å². The summed E-state index contributed by atoms with van der Waals surface area (Å²) in [6, 6.07) is 5.91. The molecular formula is C20H31NO4S. The fourth-order valence-corrected chi connectivity index (χ4v) is 5.79. The lowest BCUT2D eigenvalue weighted by Gasteiger charge is -2.34. The van der Waals surface area contributed by atoms with Gasteiger partial charge in [-0.25, -0.2) is 12.7 Å². The Kier molecular flexibility index (Phi) is 5.54. The minimum atomic E-state index is -3.21. The first kappa shape index (κ1) is 19.5. The van der Waals surface area contributed by atoms with Crippen LogP contribution in [0.25, 0.3) is 0 Å². The Morgan fingerprint density at radius 1 is 1.23 bits per heavy atom. The fourth-order valence-electron chi connectivity index (χ4n) is 4.09. The number of rotatable bonds is 6. The third-order valence-electron chi connectivity index (χ3n) is 5.09. The predicted octanol–water partition coefficient (Wildman–Crippen LogP) is 3.48. The van der Waals surface area contributed by atoms with Crippen molar-refractivity contribution >= 4 is 10.0 Å². The highest BCUT2D eigenvalue weighted by Crippen LogP contribution is 2.41. The summed E-state index contributed by atoms with van der Waals surface area (Å²) >= 11 is 0. The van der Waals surface area contributed by atoms with E-state index < -0.39 is 10.0 Å². The highest BCUT2D eigenvalue weighted by atomic mass is 32.2. The first-order valence-electron chi connectivity index (χ1n) is 9.58. The molecule has 2 aliphatic heterocycles. The maximum absolute atomic E-state index is 12.6. The molecule has 0 spiro atoms. The number of benzene rings is 1. The van der Waals surface area contributed by atoms with E-state index in [9.17, 15) is 8.42 Å². The number of ether oxygens (including phenoxy) is 2. The Morgan fingerprint density at radius 2 is 1.92 bits per heavy atom. The molecule has 3 rings (SSSR count). The maximum atomic E-state index is 12.6. The van der Waals surface area contributed by atoms with Crippen molar-refractivity contribution in [2.45, 2.75) is 52.6 Å². The second-order valence-electron chi connectivity index (χ2n) is 8.56. The largest absolute Gasteiger partial charge is 0.490 e. The first-order chi connectivity index (χ1) is 12.2. The molecule has 1 aromatic rings. The molecule has 146 valence electrons. The monoisotopic (exact) mass is 381 g/mol. The van der Waals surface area contributed by atoms with E-state index in [1.165, 1.54) is 0 Å². The van der Waals surface area contributed by atoms with E-state index >= 15 is 0 Å². The van der Waals surface area contributed by atoms with Crippen LogP contribution >= 0.6 is 0 Å². The number of sulfonamides is 1. The molecule has 0 radical (unpaired) electrons. The van der Waals surface area contributed by atoms with Gasteiger partial charge in [-0.1, -0.05) is 26.0 Å². The average Bonchev–Trinajstić information content (AvgIpc) is 2.85. The van der Waals surface area contributed by atoms with Gasteiger partial charge in [0.25, 0.3) is 0 Å². The van der Waals surface area contributed by atoms with Crippen LogP contribution in [0.4, 0.5) is 0 Å². The normalized spacial score (nSPS) is 25.5. The molecule has 1 aromatic carbocycles. The molecule has 1 fully saturated rings.